The Labute approximate surface area is 266 Å². The van der Waals surface area contributed by atoms with E-state index in [1.165, 1.54) is 11.6 Å². The van der Waals surface area contributed by atoms with Gasteiger partial charge in [0.25, 0.3) is 0 Å². The zero-order valence-electron chi connectivity index (χ0n) is 24.7. The Kier molecular flexibility index (Phi) is 6.72. The minimum absolute atomic E-state index is 0.110. The molecule has 0 aliphatic heterocycles. The van der Waals surface area contributed by atoms with Gasteiger partial charge in [-0.25, -0.2) is 13.2 Å². The predicted octanol–water partition coefficient (Wildman–Crippen LogP) is 12.3. The van der Waals surface area contributed by atoms with Crippen molar-refractivity contribution in [1.82, 2.24) is 0 Å². The molecule has 0 bridgehead atoms. The SMILES string of the molecule is Fc1cc(-c2ccc3c(C4=Cc5ccccc5C5CC=CC=C45)c4ccccc4c(-c4cccc(C(F)(F)F)c4)c3c2)cc(F)c1F. The fourth-order valence-electron chi connectivity index (χ4n) is 7.15. The molecule has 0 N–H and O–H groups in total. The van der Waals surface area contributed by atoms with Crippen LogP contribution in [0.15, 0.2) is 127 Å². The smallest absolute Gasteiger partial charge is 0.204 e. The van der Waals surface area contributed by atoms with E-state index in [9.17, 15) is 26.3 Å². The lowest BCUT2D eigenvalue weighted by molar-refractivity contribution is -0.137. The Morgan fingerprint density at radius 2 is 1.30 bits per heavy atom. The van der Waals surface area contributed by atoms with E-state index in [1.54, 1.807) is 18.2 Å². The third-order valence-corrected chi connectivity index (χ3v) is 9.23. The summed E-state index contributed by atoms with van der Waals surface area (Å²) in [6.07, 6.45) is 4.74. The monoisotopic (exact) mass is 630 g/mol. The Bertz CT molecular complexity index is 2330. The van der Waals surface area contributed by atoms with E-state index < -0.39 is 29.2 Å². The van der Waals surface area contributed by atoms with Gasteiger partial charge >= 0.3 is 6.18 Å². The lowest BCUT2D eigenvalue weighted by atomic mass is 9.72. The van der Waals surface area contributed by atoms with Crippen LogP contribution in [0.1, 0.15) is 34.6 Å². The first-order valence-electron chi connectivity index (χ1n) is 15.2. The van der Waals surface area contributed by atoms with Crippen molar-refractivity contribution in [3.63, 3.8) is 0 Å². The van der Waals surface area contributed by atoms with Crippen molar-refractivity contribution in [3.05, 3.63) is 167 Å². The molecular weight excluding hydrogens is 606 g/mol. The number of rotatable bonds is 3. The van der Waals surface area contributed by atoms with Gasteiger partial charge in [-0.3, -0.25) is 0 Å². The van der Waals surface area contributed by atoms with Gasteiger partial charge in [0.15, 0.2) is 17.5 Å². The van der Waals surface area contributed by atoms with Crippen LogP contribution in [-0.4, -0.2) is 0 Å². The van der Waals surface area contributed by atoms with Crippen molar-refractivity contribution in [2.75, 3.05) is 0 Å². The Hall–Kier alpha value is -5.36. The molecule has 1 unspecified atom stereocenters. The first kappa shape index (κ1) is 29.1. The topological polar surface area (TPSA) is 0 Å². The van der Waals surface area contributed by atoms with Gasteiger partial charge in [0.2, 0.25) is 0 Å². The summed E-state index contributed by atoms with van der Waals surface area (Å²) in [5, 5.41) is 2.96. The molecule has 0 spiro atoms. The predicted molar refractivity (Wildman–Crippen MR) is 176 cm³/mol. The van der Waals surface area contributed by atoms with Crippen LogP contribution < -0.4 is 0 Å². The van der Waals surface area contributed by atoms with Gasteiger partial charge in [-0.15, -0.1) is 0 Å². The summed E-state index contributed by atoms with van der Waals surface area (Å²) in [4.78, 5) is 0. The van der Waals surface area contributed by atoms with Crippen LogP contribution in [0.5, 0.6) is 0 Å². The van der Waals surface area contributed by atoms with Gasteiger partial charge in [-0.1, -0.05) is 91.0 Å². The molecule has 0 saturated carbocycles. The van der Waals surface area contributed by atoms with Crippen LogP contribution in [0.25, 0.3) is 55.4 Å². The molecule has 6 aromatic rings. The molecule has 6 aromatic carbocycles. The van der Waals surface area contributed by atoms with Gasteiger partial charge in [0, 0.05) is 5.92 Å². The highest BCUT2D eigenvalue weighted by molar-refractivity contribution is 6.22. The first-order valence-corrected chi connectivity index (χ1v) is 15.2. The van der Waals surface area contributed by atoms with Crippen LogP contribution in [-0.2, 0) is 6.18 Å². The number of halogens is 6. The standard InChI is InChI=1S/C41H24F6/c42-36-21-26(22-37(43)40(36)44)23-16-17-33-35(19-23)38(25-9-7-10-27(18-25)41(45,46)47)31-14-5-6-15-32(31)39(33)34-20-24-8-1-2-11-28(24)29-12-3-4-13-30(29)34/h1-11,13-22,29H,12H2. The van der Waals surface area contributed by atoms with E-state index >= 15 is 0 Å². The minimum Gasteiger partial charge on any atom is -0.204 e. The van der Waals surface area contributed by atoms with Crippen LogP contribution in [0, 0.1) is 17.5 Å². The molecule has 0 saturated heterocycles. The third-order valence-electron chi connectivity index (χ3n) is 9.23. The molecule has 0 aromatic heterocycles. The zero-order chi connectivity index (χ0) is 32.4. The van der Waals surface area contributed by atoms with Gasteiger partial charge in [0.05, 0.1) is 5.56 Å². The van der Waals surface area contributed by atoms with E-state index in [-0.39, 0.29) is 11.5 Å². The van der Waals surface area contributed by atoms with Crippen molar-refractivity contribution in [1.29, 1.82) is 0 Å². The van der Waals surface area contributed by atoms with Gasteiger partial charge < -0.3 is 0 Å². The Morgan fingerprint density at radius 1 is 0.596 bits per heavy atom. The number of allylic oxidation sites excluding steroid dienone is 5. The van der Waals surface area contributed by atoms with Gasteiger partial charge in [0.1, 0.15) is 0 Å². The van der Waals surface area contributed by atoms with E-state index in [4.69, 9.17) is 0 Å². The highest BCUT2D eigenvalue weighted by Gasteiger charge is 2.32. The quantitative estimate of drug-likeness (QED) is 0.104. The van der Waals surface area contributed by atoms with Crippen LogP contribution in [0.3, 0.4) is 0 Å². The van der Waals surface area contributed by atoms with Gasteiger partial charge in [-0.2, -0.15) is 13.2 Å². The van der Waals surface area contributed by atoms with Crippen molar-refractivity contribution in [2.45, 2.75) is 18.5 Å². The Morgan fingerprint density at radius 3 is 2.06 bits per heavy atom. The normalized spacial score (nSPS) is 15.7. The van der Waals surface area contributed by atoms with Crippen LogP contribution in [0.2, 0.25) is 0 Å². The molecule has 0 radical (unpaired) electrons. The number of alkyl halides is 3. The molecule has 0 fully saturated rings. The molecule has 8 rings (SSSR count). The molecule has 0 nitrogen and oxygen atoms in total. The van der Waals surface area contributed by atoms with E-state index in [0.29, 0.717) is 22.1 Å². The van der Waals surface area contributed by atoms with Crippen molar-refractivity contribution in [3.8, 4) is 22.3 Å². The Balaban J connectivity index is 1.50. The first-order chi connectivity index (χ1) is 22.7. The summed E-state index contributed by atoms with van der Waals surface area (Å²) < 4.78 is 84.6. The second kappa shape index (κ2) is 10.9. The lowest BCUT2D eigenvalue weighted by Crippen LogP contribution is -2.12. The average Bonchev–Trinajstić information content (AvgIpc) is 3.08. The van der Waals surface area contributed by atoms with E-state index in [1.807, 2.05) is 48.5 Å². The summed E-state index contributed by atoms with van der Waals surface area (Å²) in [5.74, 6) is -4.10. The molecule has 6 heteroatoms. The molecule has 47 heavy (non-hydrogen) atoms. The van der Waals surface area contributed by atoms with E-state index in [0.717, 1.165) is 69.1 Å². The average molecular weight is 631 g/mol. The molecule has 0 amide bonds. The van der Waals surface area contributed by atoms with Crippen molar-refractivity contribution in [2.24, 2.45) is 0 Å². The van der Waals surface area contributed by atoms with Crippen molar-refractivity contribution >= 4 is 33.2 Å². The maximum Gasteiger partial charge on any atom is 0.416 e. The summed E-state index contributed by atoms with van der Waals surface area (Å²) in [7, 11) is 0. The number of hydrogen-bond acceptors (Lipinski definition) is 0. The highest BCUT2D eigenvalue weighted by atomic mass is 19.4. The largest absolute Gasteiger partial charge is 0.416 e. The van der Waals surface area contributed by atoms with Gasteiger partial charge in [-0.05, 0) is 114 Å². The second-order valence-electron chi connectivity index (χ2n) is 11.9. The highest BCUT2D eigenvalue weighted by Crippen LogP contribution is 2.51. The summed E-state index contributed by atoms with van der Waals surface area (Å²) in [5.41, 5.74) is 5.99. The number of fused-ring (bicyclic) bond motifs is 5. The molecule has 0 heterocycles. The lowest BCUT2D eigenvalue weighted by Gasteiger charge is -2.31. The number of benzene rings is 6. The van der Waals surface area contributed by atoms with Crippen LogP contribution >= 0.6 is 0 Å². The summed E-state index contributed by atoms with van der Waals surface area (Å²) in [6, 6.07) is 28.2. The maximum atomic E-state index is 14.4. The molecule has 2 aliphatic carbocycles. The minimum atomic E-state index is -4.56. The molecule has 1 atom stereocenters. The third kappa shape index (κ3) is 4.78. The second-order valence-corrected chi connectivity index (χ2v) is 11.9. The summed E-state index contributed by atoms with van der Waals surface area (Å²) in [6.45, 7) is 0. The summed E-state index contributed by atoms with van der Waals surface area (Å²) >= 11 is 0. The fraction of sp³-hybridized carbons (Fsp3) is 0.0732. The van der Waals surface area contributed by atoms with Crippen LogP contribution in [0.4, 0.5) is 26.3 Å². The molecule has 2 aliphatic rings. The van der Waals surface area contributed by atoms with E-state index in [2.05, 4.69) is 30.4 Å². The molecular formula is C41H24F6. The van der Waals surface area contributed by atoms with Crippen molar-refractivity contribution < 1.29 is 26.3 Å². The molecule has 230 valence electrons. The number of hydrogen-bond donors (Lipinski definition) is 0. The fourth-order valence-corrected chi connectivity index (χ4v) is 7.15. The zero-order valence-corrected chi connectivity index (χ0v) is 24.7. The maximum absolute atomic E-state index is 14.4.